The van der Waals surface area contributed by atoms with Gasteiger partial charge in [0.05, 0.1) is 12.3 Å². The van der Waals surface area contributed by atoms with E-state index in [-0.39, 0.29) is 24.0 Å². The average molecular weight is 530 g/mol. The van der Waals surface area contributed by atoms with Crippen LogP contribution in [0.1, 0.15) is 37.6 Å². The summed E-state index contributed by atoms with van der Waals surface area (Å²) < 4.78 is 25.6. The number of aliphatic imine (C=N–C) groups is 1. The molecule has 0 radical (unpaired) electrons. The largest absolute Gasteiger partial charge is 0.355 e. The minimum absolute atomic E-state index is 0. The normalized spacial score (nSPS) is 17.4. The quantitative estimate of drug-likeness (QED) is 0.273. The maximum absolute atomic E-state index is 11.5. The van der Waals surface area contributed by atoms with Crippen molar-refractivity contribution in [1.82, 2.24) is 20.3 Å². The van der Waals surface area contributed by atoms with Crippen LogP contribution >= 0.6 is 35.3 Å². The molecular weight excluding hydrogens is 497 g/mol. The molecule has 0 saturated carbocycles. The lowest BCUT2D eigenvalue weighted by Gasteiger charge is -2.29. The number of nitrogens with one attached hydrogen (secondary N) is 3. The first-order valence-corrected chi connectivity index (χ1v) is 11.7. The summed E-state index contributed by atoms with van der Waals surface area (Å²) in [6.45, 7) is 7.14. The molecule has 1 aliphatic heterocycles. The second kappa shape index (κ2) is 10.9. The van der Waals surface area contributed by atoms with Gasteiger partial charge in [-0.15, -0.1) is 35.3 Å². The highest BCUT2D eigenvalue weighted by atomic mass is 127. The molecule has 1 unspecified atom stereocenters. The molecule has 1 aromatic heterocycles. The summed E-state index contributed by atoms with van der Waals surface area (Å²) in [5.41, 5.74) is -0.604. The molecule has 3 N–H and O–H groups in total. The van der Waals surface area contributed by atoms with Crippen molar-refractivity contribution >= 4 is 51.3 Å². The topological polar surface area (TPSA) is 85.8 Å². The van der Waals surface area contributed by atoms with Crippen LogP contribution in [0.15, 0.2) is 22.5 Å². The van der Waals surface area contributed by atoms with E-state index < -0.39 is 15.6 Å². The number of sulfonamides is 1. The fourth-order valence-corrected chi connectivity index (χ4v) is 5.14. The highest BCUT2D eigenvalue weighted by molar-refractivity contribution is 14.0. The van der Waals surface area contributed by atoms with Gasteiger partial charge in [0, 0.05) is 30.6 Å². The van der Waals surface area contributed by atoms with Gasteiger partial charge in [0.1, 0.15) is 0 Å². The van der Waals surface area contributed by atoms with Gasteiger partial charge >= 0.3 is 0 Å². The Bertz CT molecular complexity index is 686. The molecule has 2 rings (SSSR count). The molecule has 10 heteroatoms. The smallest absolute Gasteiger partial charge is 0.209 e. The summed E-state index contributed by atoms with van der Waals surface area (Å²) >= 11 is 1.78. The van der Waals surface area contributed by atoms with Crippen molar-refractivity contribution in [3.8, 4) is 0 Å². The van der Waals surface area contributed by atoms with Crippen LogP contribution in [0.2, 0.25) is 0 Å². The van der Waals surface area contributed by atoms with Crippen LogP contribution in [-0.4, -0.2) is 64.3 Å². The molecule has 0 aromatic carbocycles. The Labute approximate surface area is 184 Å². The maximum Gasteiger partial charge on any atom is 0.209 e. The van der Waals surface area contributed by atoms with Crippen molar-refractivity contribution in [2.24, 2.45) is 4.99 Å². The van der Waals surface area contributed by atoms with Crippen molar-refractivity contribution in [1.29, 1.82) is 0 Å². The van der Waals surface area contributed by atoms with Gasteiger partial charge in [-0.2, -0.15) is 0 Å². The van der Waals surface area contributed by atoms with E-state index >= 15 is 0 Å². The predicted octanol–water partition coefficient (Wildman–Crippen LogP) is 2.00. The van der Waals surface area contributed by atoms with Crippen molar-refractivity contribution < 1.29 is 8.42 Å². The second-order valence-electron chi connectivity index (χ2n) is 7.34. The Morgan fingerprint density at radius 2 is 2.00 bits per heavy atom. The van der Waals surface area contributed by atoms with Gasteiger partial charge in [-0.05, 0) is 51.2 Å². The molecule has 0 bridgehead atoms. The van der Waals surface area contributed by atoms with E-state index in [9.17, 15) is 8.42 Å². The van der Waals surface area contributed by atoms with Crippen molar-refractivity contribution in [2.45, 2.75) is 38.3 Å². The van der Waals surface area contributed by atoms with Gasteiger partial charge in [-0.3, -0.25) is 9.89 Å². The minimum Gasteiger partial charge on any atom is -0.355 e. The molecule has 1 atom stereocenters. The molecule has 7 nitrogen and oxygen atoms in total. The van der Waals surface area contributed by atoms with Gasteiger partial charge in [0.15, 0.2) is 5.96 Å². The van der Waals surface area contributed by atoms with Crippen molar-refractivity contribution in [3.05, 3.63) is 22.4 Å². The zero-order valence-corrected chi connectivity index (χ0v) is 20.5. The van der Waals surface area contributed by atoms with E-state index in [0.29, 0.717) is 18.5 Å². The highest BCUT2D eigenvalue weighted by Crippen LogP contribution is 2.27. The van der Waals surface area contributed by atoms with E-state index in [2.05, 4.69) is 42.8 Å². The van der Waals surface area contributed by atoms with Crippen LogP contribution in [0, 0.1) is 0 Å². The molecule has 27 heavy (non-hydrogen) atoms. The van der Waals surface area contributed by atoms with E-state index in [1.807, 2.05) is 13.8 Å². The second-order valence-corrected chi connectivity index (χ2v) is 10.1. The Morgan fingerprint density at radius 1 is 1.33 bits per heavy atom. The molecule has 2 heterocycles. The fraction of sp³-hybridized carbons (Fsp3) is 0.706. The lowest BCUT2D eigenvalue weighted by atomic mass is 10.1. The van der Waals surface area contributed by atoms with Gasteiger partial charge in [0.25, 0.3) is 0 Å². The highest BCUT2D eigenvalue weighted by Gasteiger charge is 2.25. The predicted molar refractivity (Wildman–Crippen MR) is 125 cm³/mol. The van der Waals surface area contributed by atoms with Crippen LogP contribution in [0.3, 0.4) is 0 Å². The van der Waals surface area contributed by atoms with Crippen LogP contribution in [0.5, 0.6) is 0 Å². The summed E-state index contributed by atoms with van der Waals surface area (Å²) in [5.74, 6) is 0.675. The van der Waals surface area contributed by atoms with Crippen LogP contribution < -0.4 is 15.4 Å². The standard InChI is InChI=1S/C17H31N5O2S2.HI/c1-17(2,21-26(4,23)24)13-20-16(18-3)19-12-14(15-8-7-11-25-15)22-9-5-6-10-22;/h7-8,11,14,21H,5-6,9-10,12-13H2,1-4H3,(H2,18,19,20);1H. The van der Waals surface area contributed by atoms with Gasteiger partial charge in [0.2, 0.25) is 10.0 Å². The first-order chi connectivity index (χ1) is 12.2. The monoisotopic (exact) mass is 529 g/mol. The molecule has 0 aliphatic carbocycles. The first kappa shape index (κ1) is 24.6. The third-order valence-electron chi connectivity index (χ3n) is 4.30. The summed E-state index contributed by atoms with van der Waals surface area (Å²) in [6.07, 6.45) is 3.67. The number of likely N-dealkylation sites (tertiary alicyclic amines) is 1. The third kappa shape index (κ3) is 8.63. The Kier molecular flexibility index (Phi) is 9.97. The lowest BCUT2D eigenvalue weighted by Crippen LogP contribution is -2.53. The minimum atomic E-state index is -3.26. The number of halogens is 1. The molecule has 0 spiro atoms. The van der Waals surface area contributed by atoms with Gasteiger partial charge in [-0.1, -0.05) is 6.07 Å². The molecule has 1 fully saturated rings. The zero-order valence-electron chi connectivity index (χ0n) is 16.5. The third-order valence-corrected chi connectivity index (χ3v) is 6.20. The van der Waals surface area contributed by atoms with Crippen LogP contribution in [0.25, 0.3) is 0 Å². The average Bonchev–Trinajstić information content (AvgIpc) is 3.22. The SMILES string of the molecule is CN=C(NCC(c1cccs1)N1CCCC1)NCC(C)(C)NS(C)(=O)=O.I. The number of hydrogen-bond acceptors (Lipinski definition) is 5. The molecule has 156 valence electrons. The summed E-state index contributed by atoms with van der Waals surface area (Å²) in [4.78, 5) is 8.14. The fourth-order valence-electron chi connectivity index (χ4n) is 3.20. The van der Waals surface area contributed by atoms with Gasteiger partial charge in [-0.25, -0.2) is 13.1 Å². The van der Waals surface area contributed by atoms with E-state index in [1.165, 1.54) is 24.0 Å². The van der Waals surface area contributed by atoms with E-state index in [1.54, 1.807) is 18.4 Å². The first-order valence-electron chi connectivity index (χ1n) is 8.91. The molecule has 1 aliphatic rings. The number of hydrogen-bond donors (Lipinski definition) is 3. The van der Waals surface area contributed by atoms with Gasteiger partial charge < -0.3 is 10.6 Å². The lowest BCUT2D eigenvalue weighted by molar-refractivity contribution is 0.249. The molecule has 1 saturated heterocycles. The van der Waals surface area contributed by atoms with Crippen LogP contribution in [0.4, 0.5) is 0 Å². The number of rotatable bonds is 8. The maximum atomic E-state index is 11.5. The zero-order chi connectivity index (χ0) is 19.2. The summed E-state index contributed by atoms with van der Waals surface area (Å²) in [6, 6.07) is 4.61. The number of guanidine groups is 1. The number of thiophene rings is 1. The summed E-state index contributed by atoms with van der Waals surface area (Å²) in [7, 11) is -1.53. The summed E-state index contributed by atoms with van der Waals surface area (Å²) in [5, 5.41) is 8.73. The molecule has 0 amide bonds. The number of nitrogens with zero attached hydrogens (tertiary/aromatic N) is 2. The Morgan fingerprint density at radius 3 is 2.52 bits per heavy atom. The molecule has 1 aromatic rings. The Balaban J connectivity index is 0.00000364. The van der Waals surface area contributed by atoms with E-state index in [4.69, 9.17) is 0 Å². The molecular formula is C17H32IN5O2S2. The van der Waals surface area contributed by atoms with E-state index in [0.717, 1.165) is 19.6 Å². The Hall–Kier alpha value is -0.430. The van der Waals surface area contributed by atoms with Crippen molar-refractivity contribution in [2.75, 3.05) is 39.5 Å². The van der Waals surface area contributed by atoms with Crippen LogP contribution in [-0.2, 0) is 10.0 Å². The van der Waals surface area contributed by atoms with Crippen molar-refractivity contribution in [3.63, 3.8) is 0 Å².